The Morgan fingerprint density at radius 1 is 0.970 bits per heavy atom. The van der Waals surface area contributed by atoms with E-state index in [2.05, 4.69) is 22.0 Å². The topological polar surface area (TPSA) is 48.8 Å². The lowest BCUT2D eigenvalue weighted by molar-refractivity contribution is -0.124. The monoisotopic (exact) mass is 472 g/mol. The number of carbonyl (C=O) groups is 1. The van der Waals surface area contributed by atoms with E-state index in [0.29, 0.717) is 0 Å². The number of aliphatic imine (C=N–C) groups is 1. The van der Waals surface area contributed by atoms with E-state index in [1.165, 1.54) is 23.1 Å². The molecule has 0 radical (unpaired) electrons. The molecule has 2 aliphatic heterocycles. The van der Waals surface area contributed by atoms with Crippen molar-refractivity contribution in [2.45, 2.75) is 43.0 Å². The second kappa shape index (κ2) is 8.54. The number of para-hydroxylation sites is 1. The number of amides is 1. The molecule has 0 N–H and O–H groups in total. The Morgan fingerprint density at radius 2 is 1.82 bits per heavy atom. The maximum atomic E-state index is 13.9. The van der Waals surface area contributed by atoms with Crippen molar-refractivity contribution < 1.29 is 4.79 Å². The highest BCUT2D eigenvalue weighted by molar-refractivity contribution is 8.19. The van der Waals surface area contributed by atoms with Gasteiger partial charge >= 0.3 is 0 Å². The van der Waals surface area contributed by atoms with Gasteiger partial charge in [0.2, 0.25) is 0 Å². The quantitative estimate of drug-likeness (QED) is 0.396. The third-order valence-corrected chi connectivity index (χ3v) is 8.93. The average Bonchev–Trinajstić information content (AvgIpc) is 3.36. The second-order valence-electron chi connectivity index (χ2n) is 8.57. The summed E-state index contributed by atoms with van der Waals surface area (Å²) in [6, 6.07) is 18.5. The lowest BCUT2D eigenvalue weighted by atomic mass is 9.94. The highest BCUT2D eigenvalue weighted by Crippen LogP contribution is 2.50. The van der Waals surface area contributed by atoms with Gasteiger partial charge in [-0.2, -0.15) is 0 Å². The van der Waals surface area contributed by atoms with Crippen LogP contribution in [0.15, 0.2) is 80.6 Å². The molecule has 0 atom stereocenters. The molecule has 2 aromatic carbocycles. The molecule has 3 heterocycles. The first-order valence-corrected chi connectivity index (χ1v) is 13.0. The van der Waals surface area contributed by atoms with Crippen LogP contribution in [0.3, 0.4) is 0 Å². The molecule has 3 aromatic rings. The van der Waals surface area contributed by atoms with E-state index in [1.54, 1.807) is 18.0 Å². The zero-order valence-electron chi connectivity index (χ0n) is 18.4. The first kappa shape index (κ1) is 20.8. The van der Waals surface area contributed by atoms with Crippen LogP contribution in [0.2, 0.25) is 0 Å². The lowest BCUT2D eigenvalue weighted by Crippen LogP contribution is -2.40. The Hall–Kier alpha value is -2.77. The summed E-state index contributed by atoms with van der Waals surface area (Å²) < 4.78 is 0. The SMILES string of the molecule is CN1/C(=C2/SC(=Nc3cccc4ncccc34)N(C3CCCCC3)C2=O)Sc2ccccc21. The first-order valence-electron chi connectivity index (χ1n) is 11.4. The summed E-state index contributed by atoms with van der Waals surface area (Å²) in [4.78, 5) is 29.5. The van der Waals surface area contributed by atoms with Gasteiger partial charge in [0.1, 0.15) is 4.91 Å². The Morgan fingerprint density at radius 3 is 2.67 bits per heavy atom. The minimum atomic E-state index is 0.0890. The van der Waals surface area contributed by atoms with Crippen molar-refractivity contribution in [3.63, 3.8) is 0 Å². The molecule has 3 aliphatic rings. The average molecular weight is 473 g/mol. The molecule has 7 heteroatoms. The lowest BCUT2D eigenvalue weighted by Gasteiger charge is -2.30. The Balaban J connectivity index is 1.46. The van der Waals surface area contributed by atoms with Crippen molar-refractivity contribution in [2.24, 2.45) is 4.99 Å². The summed E-state index contributed by atoms with van der Waals surface area (Å²) in [5.74, 6) is 0.0890. The van der Waals surface area contributed by atoms with Gasteiger partial charge in [-0.05, 0) is 61.0 Å². The predicted molar refractivity (Wildman–Crippen MR) is 138 cm³/mol. The highest BCUT2D eigenvalue weighted by Gasteiger charge is 2.42. The van der Waals surface area contributed by atoms with Gasteiger partial charge < -0.3 is 4.90 Å². The number of amidine groups is 1. The second-order valence-corrected chi connectivity index (χ2v) is 10.6. The minimum Gasteiger partial charge on any atom is -0.337 e. The van der Waals surface area contributed by atoms with Crippen LogP contribution >= 0.6 is 23.5 Å². The third-order valence-electron chi connectivity index (χ3n) is 6.52. The molecule has 6 rings (SSSR count). The Labute approximate surface area is 202 Å². The van der Waals surface area contributed by atoms with E-state index < -0.39 is 0 Å². The number of rotatable bonds is 2. The molecule has 0 bridgehead atoms. The number of fused-ring (bicyclic) bond motifs is 2. The van der Waals surface area contributed by atoms with Gasteiger partial charge in [0.05, 0.1) is 21.9 Å². The highest BCUT2D eigenvalue weighted by atomic mass is 32.2. The van der Waals surface area contributed by atoms with Gasteiger partial charge in [0.15, 0.2) is 5.17 Å². The molecule has 33 heavy (non-hydrogen) atoms. The fourth-order valence-corrected chi connectivity index (χ4v) is 7.24. The predicted octanol–water partition coefficient (Wildman–Crippen LogP) is 6.54. The molecule has 0 spiro atoms. The van der Waals surface area contributed by atoms with Crippen molar-refractivity contribution in [1.29, 1.82) is 0 Å². The number of nitrogens with zero attached hydrogens (tertiary/aromatic N) is 4. The van der Waals surface area contributed by atoms with Crippen LogP contribution in [0.4, 0.5) is 11.4 Å². The van der Waals surface area contributed by atoms with E-state index in [9.17, 15) is 4.79 Å². The molecule has 1 saturated heterocycles. The van der Waals surface area contributed by atoms with Crippen LogP contribution in [0, 0.1) is 0 Å². The zero-order chi connectivity index (χ0) is 22.4. The van der Waals surface area contributed by atoms with Gasteiger partial charge in [-0.25, -0.2) is 4.99 Å². The molecular formula is C26H24N4OS2. The number of anilines is 1. The Kier molecular flexibility index (Phi) is 5.38. The van der Waals surface area contributed by atoms with E-state index in [4.69, 9.17) is 4.99 Å². The van der Waals surface area contributed by atoms with Crippen LogP contribution in [-0.2, 0) is 4.79 Å². The van der Waals surface area contributed by atoms with Gasteiger partial charge in [-0.3, -0.25) is 14.7 Å². The smallest absolute Gasteiger partial charge is 0.269 e. The number of hydrogen-bond donors (Lipinski definition) is 0. The van der Waals surface area contributed by atoms with Crippen molar-refractivity contribution in [3.05, 3.63) is 70.7 Å². The molecule has 1 aliphatic carbocycles. The fourth-order valence-electron chi connectivity index (χ4n) is 4.84. The molecule has 0 unspecified atom stereocenters. The largest absolute Gasteiger partial charge is 0.337 e. The van der Waals surface area contributed by atoms with E-state index in [0.717, 1.165) is 63.1 Å². The number of carbonyl (C=O) groups excluding carboxylic acids is 1. The summed E-state index contributed by atoms with van der Waals surface area (Å²) in [6.07, 6.45) is 7.44. The number of hydrogen-bond acceptors (Lipinski definition) is 6. The van der Waals surface area contributed by atoms with E-state index in [1.807, 2.05) is 54.4 Å². The van der Waals surface area contributed by atoms with Gasteiger partial charge in [0.25, 0.3) is 5.91 Å². The van der Waals surface area contributed by atoms with Crippen LogP contribution < -0.4 is 4.90 Å². The summed E-state index contributed by atoms with van der Waals surface area (Å²) in [5.41, 5.74) is 2.92. The standard InChI is InChI=1S/C26H24N4OS2/c1-29-21-14-5-6-15-22(21)32-25(29)23-24(31)30(17-9-3-2-4-10-17)26(33-23)28-20-13-7-12-19-18(20)11-8-16-27-19/h5-8,11-17H,2-4,9-10H2,1H3/b25-23-,28-26?. The fraction of sp³-hybridized carbons (Fsp3) is 0.269. The van der Waals surface area contributed by atoms with E-state index in [-0.39, 0.29) is 11.9 Å². The Bertz CT molecular complexity index is 1310. The normalized spacial score (nSPS) is 22.6. The summed E-state index contributed by atoms with van der Waals surface area (Å²) in [6.45, 7) is 0. The van der Waals surface area contributed by atoms with Crippen LogP contribution in [0.5, 0.6) is 0 Å². The molecule has 2 fully saturated rings. The zero-order valence-corrected chi connectivity index (χ0v) is 20.0. The number of thioether (sulfide) groups is 2. The number of pyridine rings is 1. The third kappa shape index (κ3) is 3.63. The summed E-state index contributed by atoms with van der Waals surface area (Å²) in [5, 5.41) is 2.79. The van der Waals surface area contributed by atoms with Crippen LogP contribution in [0.25, 0.3) is 10.9 Å². The van der Waals surface area contributed by atoms with Crippen molar-refractivity contribution in [1.82, 2.24) is 9.88 Å². The summed E-state index contributed by atoms with van der Waals surface area (Å²) in [7, 11) is 2.05. The maximum absolute atomic E-state index is 13.9. The van der Waals surface area contributed by atoms with Gasteiger partial charge in [-0.1, -0.05) is 49.2 Å². The summed E-state index contributed by atoms with van der Waals surface area (Å²) >= 11 is 3.20. The van der Waals surface area contributed by atoms with Gasteiger partial charge in [-0.15, -0.1) is 0 Å². The van der Waals surface area contributed by atoms with Crippen LogP contribution in [0.1, 0.15) is 32.1 Å². The number of aromatic nitrogens is 1. The minimum absolute atomic E-state index is 0.0890. The van der Waals surface area contributed by atoms with Crippen LogP contribution in [-0.4, -0.2) is 34.0 Å². The first-order chi connectivity index (χ1) is 16.2. The molecule has 166 valence electrons. The van der Waals surface area contributed by atoms with Crippen molar-refractivity contribution in [2.75, 3.05) is 11.9 Å². The molecule has 1 saturated carbocycles. The van der Waals surface area contributed by atoms with Gasteiger partial charge in [0, 0.05) is 29.6 Å². The molecule has 5 nitrogen and oxygen atoms in total. The van der Waals surface area contributed by atoms with E-state index >= 15 is 0 Å². The number of benzene rings is 2. The van der Waals surface area contributed by atoms with Crippen molar-refractivity contribution in [3.8, 4) is 0 Å². The van der Waals surface area contributed by atoms with Crippen molar-refractivity contribution >= 4 is 56.9 Å². The molecule has 1 aromatic heterocycles. The molecular weight excluding hydrogens is 448 g/mol. The molecule has 1 amide bonds. The maximum Gasteiger partial charge on any atom is 0.269 e.